The van der Waals surface area contributed by atoms with Gasteiger partial charge >= 0.3 is 5.97 Å². The van der Waals surface area contributed by atoms with Gasteiger partial charge in [-0.1, -0.05) is 36.9 Å². The second kappa shape index (κ2) is 6.84. The van der Waals surface area contributed by atoms with E-state index in [2.05, 4.69) is 11.6 Å². The minimum atomic E-state index is -1.01. The number of nitrogens with zero attached hydrogens (tertiary/aromatic N) is 2. The molecule has 0 unspecified atom stereocenters. The summed E-state index contributed by atoms with van der Waals surface area (Å²) in [6, 6.07) is 11.2. The summed E-state index contributed by atoms with van der Waals surface area (Å²) in [4.78, 5) is 17.2. The van der Waals surface area contributed by atoms with Crippen LogP contribution in [0.1, 0.15) is 17.5 Å². The van der Waals surface area contributed by atoms with Crippen molar-refractivity contribution in [2.24, 2.45) is 4.99 Å². The average molecular weight is 342 g/mol. The monoisotopic (exact) mass is 342 g/mol. The lowest BCUT2D eigenvalue weighted by atomic mass is 10.0. The van der Waals surface area contributed by atoms with E-state index in [9.17, 15) is 18.7 Å². The van der Waals surface area contributed by atoms with Crippen molar-refractivity contribution in [3.05, 3.63) is 71.8 Å². The number of carboxylic acid groups (broad SMARTS) is 1. The molecule has 2 aromatic rings. The Morgan fingerprint density at radius 3 is 2.64 bits per heavy atom. The zero-order chi connectivity index (χ0) is 18.0. The van der Waals surface area contributed by atoms with Gasteiger partial charge in [0.1, 0.15) is 12.4 Å². The van der Waals surface area contributed by atoms with Crippen molar-refractivity contribution < 1.29 is 18.7 Å². The van der Waals surface area contributed by atoms with Gasteiger partial charge in [0.05, 0.1) is 11.4 Å². The molecular formula is C19H16F2N2O2. The Balaban J connectivity index is 1.89. The number of hydrogen-bond acceptors (Lipinski definition) is 3. The van der Waals surface area contributed by atoms with Crippen LogP contribution in [-0.2, 0) is 11.2 Å². The van der Waals surface area contributed by atoms with Gasteiger partial charge in [0, 0.05) is 12.0 Å². The number of aryl methyl sites for hydroxylation is 1. The van der Waals surface area contributed by atoms with E-state index in [0.29, 0.717) is 17.2 Å². The van der Waals surface area contributed by atoms with Crippen LogP contribution in [-0.4, -0.2) is 23.5 Å². The Kier molecular flexibility index (Phi) is 4.61. The van der Waals surface area contributed by atoms with Gasteiger partial charge < -0.3 is 10.0 Å². The molecule has 0 saturated heterocycles. The van der Waals surface area contributed by atoms with Crippen molar-refractivity contribution in [2.75, 3.05) is 11.4 Å². The summed E-state index contributed by atoms with van der Waals surface area (Å²) in [6.07, 6.45) is 0.467. The molecule has 0 saturated carbocycles. The fourth-order valence-corrected chi connectivity index (χ4v) is 2.86. The predicted molar refractivity (Wildman–Crippen MR) is 92.6 cm³/mol. The van der Waals surface area contributed by atoms with Gasteiger partial charge in [-0.25, -0.2) is 13.8 Å². The molecule has 0 aromatic heterocycles. The molecule has 0 spiro atoms. The Morgan fingerprint density at radius 1 is 1.12 bits per heavy atom. The van der Waals surface area contributed by atoms with Gasteiger partial charge in [0.15, 0.2) is 11.6 Å². The summed E-state index contributed by atoms with van der Waals surface area (Å²) >= 11 is 0. The number of carbonyl (C=O) groups is 1. The molecule has 25 heavy (non-hydrogen) atoms. The maximum atomic E-state index is 13.8. The second-order valence-electron chi connectivity index (χ2n) is 5.68. The third-order valence-electron chi connectivity index (χ3n) is 4.02. The molecular weight excluding hydrogens is 326 g/mol. The number of fused-ring (bicyclic) bond motifs is 1. The molecule has 0 amide bonds. The van der Waals surface area contributed by atoms with Crippen LogP contribution in [0.4, 0.5) is 14.5 Å². The second-order valence-corrected chi connectivity index (χ2v) is 5.68. The number of hydrogen-bond donors (Lipinski definition) is 1. The first-order valence-corrected chi connectivity index (χ1v) is 7.75. The van der Waals surface area contributed by atoms with Gasteiger partial charge in [-0.2, -0.15) is 0 Å². The van der Waals surface area contributed by atoms with Gasteiger partial charge in [-0.15, -0.1) is 0 Å². The lowest BCUT2D eigenvalue weighted by Gasteiger charge is -2.31. The lowest BCUT2D eigenvalue weighted by Crippen LogP contribution is -2.38. The van der Waals surface area contributed by atoms with Crippen molar-refractivity contribution in [1.29, 1.82) is 0 Å². The number of amidine groups is 1. The highest BCUT2D eigenvalue weighted by Gasteiger charge is 2.25. The third kappa shape index (κ3) is 3.42. The maximum absolute atomic E-state index is 13.8. The fraction of sp³-hybridized carbons (Fsp3) is 0.158. The summed E-state index contributed by atoms with van der Waals surface area (Å²) in [7, 11) is 0. The molecule has 6 heteroatoms. The highest BCUT2D eigenvalue weighted by molar-refractivity contribution is 6.08. The smallest absolute Gasteiger partial charge is 0.323 e. The average Bonchev–Trinajstić information content (AvgIpc) is 2.59. The van der Waals surface area contributed by atoms with E-state index in [1.807, 2.05) is 12.1 Å². The first-order chi connectivity index (χ1) is 12.0. The van der Waals surface area contributed by atoms with Crippen LogP contribution in [0.15, 0.2) is 54.0 Å². The normalized spacial score (nSPS) is 13.4. The van der Waals surface area contributed by atoms with Crippen LogP contribution in [0.2, 0.25) is 0 Å². The first kappa shape index (κ1) is 16.8. The number of aliphatic imine (C=N–C) groups is 1. The fourth-order valence-electron chi connectivity index (χ4n) is 2.86. The Morgan fingerprint density at radius 2 is 1.88 bits per heavy atom. The number of rotatable bonds is 5. The van der Waals surface area contributed by atoms with Crippen LogP contribution >= 0.6 is 0 Å². The standard InChI is InChI=1S/C19H16F2N2O2/c1-12-14-6-2-3-8-16(14)23(11-18(24)25)17(22-12)10-9-13-5-4-7-15(20)19(13)21/h2-8H,1,9-11H2,(H,24,25). The Labute approximate surface area is 143 Å². The van der Waals surface area contributed by atoms with Crippen molar-refractivity contribution >= 4 is 23.2 Å². The van der Waals surface area contributed by atoms with E-state index in [-0.39, 0.29) is 24.9 Å². The topological polar surface area (TPSA) is 52.9 Å². The van der Waals surface area contributed by atoms with E-state index < -0.39 is 17.6 Å². The maximum Gasteiger partial charge on any atom is 0.323 e. The van der Waals surface area contributed by atoms with E-state index in [0.717, 1.165) is 11.6 Å². The molecule has 0 atom stereocenters. The summed E-state index contributed by atoms with van der Waals surface area (Å²) in [5, 5.41) is 9.21. The largest absolute Gasteiger partial charge is 0.480 e. The molecule has 0 radical (unpaired) electrons. The highest BCUT2D eigenvalue weighted by Crippen LogP contribution is 2.32. The number of carboxylic acids is 1. The molecule has 1 heterocycles. The molecule has 1 N–H and O–H groups in total. The van der Waals surface area contributed by atoms with Crippen LogP contribution in [0, 0.1) is 11.6 Å². The molecule has 4 nitrogen and oxygen atoms in total. The van der Waals surface area contributed by atoms with Crippen molar-refractivity contribution in [3.8, 4) is 0 Å². The minimum Gasteiger partial charge on any atom is -0.480 e. The van der Waals surface area contributed by atoms with E-state index in [1.54, 1.807) is 17.0 Å². The van der Waals surface area contributed by atoms with Gasteiger partial charge in [-0.05, 0) is 24.1 Å². The number of halogens is 2. The van der Waals surface area contributed by atoms with Gasteiger partial charge in [0.2, 0.25) is 0 Å². The molecule has 1 aliphatic heterocycles. The molecule has 128 valence electrons. The molecule has 0 aliphatic carbocycles. The molecule has 0 fully saturated rings. The molecule has 2 aromatic carbocycles. The predicted octanol–water partition coefficient (Wildman–Crippen LogP) is 3.87. The lowest BCUT2D eigenvalue weighted by molar-refractivity contribution is -0.135. The summed E-state index contributed by atoms with van der Waals surface area (Å²) in [6.45, 7) is 3.64. The molecule has 3 rings (SSSR count). The van der Waals surface area contributed by atoms with E-state index in [1.165, 1.54) is 12.1 Å². The summed E-state index contributed by atoms with van der Waals surface area (Å²) in [5.41, 5.74) is 2.19. The SMILES string of the molecule is C=C1N=C(CCc2cccc(F)c2F)N(CC(=O)O)c2ccccc21. The first-order valence-electron chi connectivity index (χ1n) is 7.75. The van der Waals surface area contributed by atoms with Crippen LogP contribution in [0.3, 0.4) is 0 Å². The Bertz CT molecular complexity index is 877. The van der Waals surface area contributed by atoms with Crippen molar-refractivity contribution in [1.82, 2.24) is 0 Å². The van der Waals surface area contributed by atoms with Crippen LogP contribution < -0.4 is 4.90 Å². The number of benzene rings is 2. The Hall–Kier alpha value is -3.02. The van der Waals surface area contributed by atoms with E-state index in [4.69, 9.17) is 0 Å². The quantitative estimate of drug-likeness (QED) is 0.897. The van der Waals surface area contributed by atoms with Gasteiger partial charge in [0.25, 0.3) is 0 Å². The van der Waals surface area contributed by atoms with Crippen LogP contribution in [0.5, 0.6) is 0 Å². The number of para-hydroxylation sites is 1. The highest BCUT2D eigenvalue weighted by atomic mass is 19.2. The third-order valence-corrected chi connectivity index (χ3v) is 4.02. The number of anilines is 1. The van der Waals surface area contributed by atoms with Crippen LogP contribution in [0.25, 0.3) is 5.70 Å². The van der Waals surface area contributed by atoms with Crippen molar-refractivity contribution in [2.45, 2.75) is 12.8 Å². The zero-order valence-corrected chi connectivity index (χ0v) is 13.4. The summed E-state index contributed by atoms with van der Waals surface area (Å²) in [5.74, 6) is -2.33. The minimum absolute atomic E-state index is 0.202. The zero-order valence-electron chi connectivity index (χ0n) is 13.4. The van der Waals surface area contributed by atoms with Crippen molar-refractivity contribution in [3.63, 3.8) is 0 Å². The number of aliphatic carboxylic acids is 1. The van der Waals surface area contributed by atoms with E-state index >= 15 is 0 Å². The molecule has 0 bridgehead atoms. The molecule has 1 aliphatic rings. The summed E-state index contributed by atoms with van der Waals surface area (Å²) < 4.78 is 27.2. The van der Waals surface area contributed by atoms with Gasteiger partial charge in [-0.3, -0.25) is 4.79 Å².